The molecule has 18 heavy (non-hydrogen) atoms. The molecule has 2 N–H and O–H groups in total. The third kappa shape index (κ3) is 2.84. The fraction of sp³-hybridized carbons (Fsp3) is 0.100. The zero-order chi connectivity index (χ0) is 13.3. The maximum Gasteiger partial charge on any atom is 0.257 e. The first-order valence-electron chi connectivity index (χ1n) is 4.85. The highest BCUT2D eigenvalue weighted by Crippen LogP contribution is 2.26. The minimum absolute atomic E-state index is 0.180. The Morgan fingerprint density at radius 3 is 2.67 bits per heavy atom. The number of benzene rings is 1. The summed E-state index contributed by atoms with van der Waals surface area (Å²) in [5.41, 5.74) is 0.766. The Kier molecular flexibility index (Phi) is 3.63. The molecule has 0 spiro atoms. The first kappa shape index (κ1) is 13.4. The summed E-state index contributed by atoms with van der Waals surface area (Å²) in [7, 11) is -3.78. The van der Waals surface area contributed by atoms with Gasteiger partial charge in [0.15, 0.2) is 5.03 Å². The quantitative estimate of drug-likeness (QED) is 0.940. The van der Waals surface area contributed by atoms with Crippen molar-refractivity contribution in [2.75, 3.05) is 0 Å². The maximum atomic E-state index is 11.1. The molecule has 1 aromatic carbocycles. The normalized spacial score (nSPS) is 11.7. The lowest BCUT2D eigenvalue weighted by atomic mass is 10.2. The molecule has 8 heteroatoms. The van der Waals surface area contributed by atoms with Gasteiger partial charge in [-0.1, -0.05) is 35.3 Å². The van der Waals surface area contributed by atoms with Crippen LogP contribution in [-0.4, -0.2) is 18.0 Å². The summed E-state index contributed by atoms with van der Waals surface area (Å²) in [5, 5.41) is 5.67. The number of primary sulfonamides is 1. The molecule has 2 rings (SSSR count). The van der Waals surface area contributed by atoms with Crippen LogP contribution < -0.4 is 5.14 Å². The van der Waals surface area contributed by atoms with Gasteiger partial charge in [-0.2, -0.15) is 0 Å². The number of hydrogen-bond donors (Lipinski definition) is 1. The van der Waals surface area contributed by atoms with Crippen LogP contribution in [0.15, 0.2) is 35.7 Å². The van der Waals surface area contributed by atoms with Crippen molar-refractivity contribution in [1.29, 1.82) is 0 Å². The lowest BCUT2D eigenvalue weighted by molar-refractivity contribution is 0.594. The topological polar surface area (TPSA) is 78.0 Å². The van der Waals surface area contributed by atoms with E-state index in [1.54, 1.807) is 22.8 Å². The molecule has 96 valence electrons. The average molecular weight is 306 g/mol. The predicted octanol–water partition coefficient (Wildman–Crippen LogP) is 1.89. The van der Waals surface area contributed by atoms with Gasteiger partial charge in [-0.05, 0) is 11.6 Å². The molecule has 0 bridgehead atoms. The van der Waals surface area contributed by atoms with Gasteiger partial charge < -0.3 is 4.57 Å². The summed E-state index contributed by atoms with van der Waals surface area (Å²) in [6.45, 7) is 0.363. The Bertz CT molecular complexity index is 682. The Morgan fingerprint density at radius 2 is 2.06 bits per heavy atom. The fourth-order valence-electron chi connectivity index (χ4n) is 1.44. The van der Waals surface area contributed by atoms with Crippen LogP contribution in [-0.2, 0) is 16.6 Å². The summed E-state index contributed by atoms with van der Waals surface area (Å²) in [6.07, 6.45) is 2.71. The third-order valence-electron chi connectivity index (χ3n) is 2.29. The third-order valence-corrected chi connectivity index (χ3v) is 3.94. The first-order valence-corrected chi connectivity index (χ1v) is 7.15. The Hall–Kier alpha value is -1.08. The van der Waals surface area contributed by atoms with Gasteiger partial charge in [-0.25, -0.2) is 18.5 Å². The molecule has 0 fully saturated rings. The van der Waals surface area contributed by atoms with Crippen LogP contribution in [0.1, 0.15) is 5.56 Å². The molecule has 5 nitrogen and oxygen atoms in total. The number of nitrogens with zero attached hydrogens (tertiary/aromatic N) is 2. The summed E-state index contributed by atoms with van der Waals surface area (Å²) >= 11 is 11.9. The average Bonchev–Trinajstić information content (AvgIpc) is 2.73. The molecule has 2 aromatic rings. The summed E-state index contributed by atoms with van der Waals surface area (Å²) < 4.78 is 23.7. The van der Waals surface area contributed by atoms with Crippen molar-refractivity contribution in [2.24, 2.45) is 5.14 Å². The van der Waals surface area contributed by atoms with Crippen molar-refractivity contribution in [3.63, 3.8) is 0 Å². The molecule has 0 amide bonds. The smallest absolute Gasteiger partial charge is 0.257 e. The number of rotatable bonds is 3. The largest absolute Gasteiger partial charge is 0.332 e. The van der Waals surface area contributed by atoms with Crippen molar-refractivity contribution in [2.45, 2.75) is 11.6 Å². The Labute approximate surface area is 114 Å². The van der Waals surface area contributed by atoms with Gasteiger partial charge in [0.1, 0.15) is 0 Å². The van der Waals surface area contributed by atoms with Crippen LogP contribution in [0.5, 0.6) is 0 Å². The molecule has 0 saturated heterocycles. The van der Waals surface area contributed by atoms with Gasteiger partial charge in [-0.15, -0.1) is 0 Å². The van der Waals surface area contributed by atoms with Crippen LogP contribution in [0.2, 0.25) is 10.0 Å². The minimum atomic E-state index is -3.78. The van der Waals surface area contributed by atoms with E-state index in [-0.39, 0.29) is 5.03 Å². The standard InChI is InChI=1S/C10H9Cl2N3O2S/c11-8-3-1-2-7(10(8)12)4-15-5-9(14-6-15)18(13,16)17/h1-3,5-6H,4H2,(H2,13,16,17). The van der Waals surface area contributed by atoms with Crippen molar-refractivity contribution >= 4 is 33.2 Å². The number of imidazole rings is 1. The first-order chi connectivity index (χ1) is 8.38. The molecule has 0 atom stereocenters. The van der Waals surface area contributed by atoms with Gasteiger partial charge >= 0.3 is 0 Å². The van der Waals surface area contributed by atoms with E-state index in [2.05, 4.69) is 4.98 Å². The monoisotopic (exact) mass is 305 g/mol. The lowest BCUT2D eigenvalue weighted by Gasteiger charge is -2.05. The zero-order valence-electron chi connectivity index (χ0n) is 9.05. The molecule has 0 aliphatic heterocycles. The molecular formula is C10H9Cl2N3O2S. The number of halogens is 2. The van der Waals surface area contributed by atoms with Crippen LogP contribution >= 0.6 is 23.2 Å². The van der Waals surface area contributed by atoms with E-state index in [9.17, 15) is 8.42 Å². The van der Waals surface area contributed by atoms with Gasteiger partial charge in [0.2, 0.25) is 0 Å². The van der Waals surface area contributed by atoms with Gasteiger partial charge in [0.05, 0.1) is 22.9 Å². The van der Waals surface area contributed by atoms with Crippen LogP contribution in [0.25, 0.3) is 0 Å². The molecule has 0 saturated carbocycles. The molecule has 0 unspecified atom stereocenters. The molecular weight excluding hydrogens is 297 g/mol. The van der Waals surface area contributed by atoms with Crippen LogP contribution in [0.3, 0.4) is 0 Å². The van der Waals surface area contributed by atoms with E-state index < -0.39 is 10.0 Å². The SMILES string of the molecule is NS(=O)(=O)c1cn(Cc2cccc(Cl)c2Cl)cn1. The second-order valence-corrected chi connectivity index (χ2v) is 5.94. The van der Waals surface area contributed by atoms with E-state index in [4.69, 9.17) is 28.3 Å². The molecule has 1 heterocycles. The Balaban J connectivity index is 2.30. The van der Waals surface area contributed by atoms with E-state index in [1.165, 1.54) is 12.5 Å². The van der Waals surface area contributed by atoms with Crippen molar-refractivity contribution in [1.82, 2.24) is 9.55 Å². The van der Waals surface area contributed by atoms with Crippen molar-refractivity contribution < 1.29 is 8.42 Å². The zero-order valence-corrected chi connectivity index (χ0v) is 11.4. The van der Waals surface area contributed by atoms with Gasteiger partial charge in [-0.3, -0.25) is 0 Å². The molecule has 0 aliphatic carbocycles. The minimum Gasteiger partial charge on any atom is -0.332 e. The van der Waals surface area contributed by atoms with Gasteiger partial charge in [0, 0.05) is 6.20 Å². The predicted molar refractivity (Wildman–Crippen MR) is 69.2 cm³/mol. The maximum absolute atomic E-state index is 11.1. The number of aromatic nitrogens is 2. The van der Waals surface area contributed by atoms with Crippen LogP contribution in [0, 0.1) is 0 Å². The number of hydrogen-bond acceptors (Lipinski definition) is 3. The molecule has 1 aromatic heterocycles. The highest BCUT2D eigenvalue weighted by molar-refractivity contribution is 7.89. The molecule has 0 aliphatic rings. The number of sulfonamides is 1. The van der Waals surface area contributed by atoms with E-state index in [0.29, 0.717) is 16.6 Å². The number of nitrogens with two attached hydrogens (primary N) is 1. The second kappa shape index (κ2) is 4.89. The Morgan fingerprint density at radius 1 is 1.33 bits per heavy atom. The van der Waals surface area contributed by atoms with E-state index >= 15 is 0 Å². The van der Waals surface area contributed by atoms with Crippen molar-refractivity contribution in [3.05, 3.63) is 46.3 Å². The van der Waals surface area contributed by atoms with Crippen molar-refractivity contribution in [3.8, 4) is 0 Å². The van der Waals surface area contributed by atoms with E-state index in [0.717, 1.165) is 5.56 Å². The summed E-state index contributed by atoms with van der Waals surface area (Å²) in [4.78, 5) is 3.71. The second-order valence-electron chi connectivity index (χ2n) is 3.64. The summed E-state index contributed by atoms with van der Waals surface area (Å²) in [6, 6.07) is 5.24. The van der Waals surface area contributed by atoms with Gasteiger partial charge in [0.25, 0.3) is 10.0 Å². The molecule has 0 radical (unpaired) electrons. The summed E-state index contributed by atoms with van der Waals surface area (Å²) in [5.74, 6) is 0. The lowest BCUT2D eigenvalue weighted by Crippen LogP contribution is -2.12. The highest BCUT2D eigenvalue weighted by Gasteiger charge is 2.12. The fourth-order valence-corrected chi connectivity index (χ4v) is 2.30. The van der Waals surface area contributed by atoms with E-state index in [1.807, 2.05) is 0 Å². The van der Waals surface area contributed by atoms with Crippen LogP contribution in [0.4, 0.5) is 0 Å². The highest BCUT2D eigenvalue weighted by atomic mass is 35.5.